The van der Waals surface area contributed by atoms with Crippen LogP contribution in [0.3, 0.4) is 0 Å². The molecule has 174 valence electrons. The Hall–Kier alpha value is -3.74. The van der Waals surface area contributed by atoms with Crippen LogP contribution >= 0.6 is 0 Å². The Morgan fingerprint density at radius 3 is 2.62 bits per heavy atom. The lowest BCUT2D eigenvalue weighted by Crippen LogP contribution is -2.39. The Kier molecular flexibility index (Phi) is 5.15. The molecule has 0 bridgehead atoms. The number of imide groups is 1. The van der Waals surface area contributed by atoms with Gasteiger partial charge in [0, 0.05) is 29.7 Å². The number of allylic oxidation sites excluding steroid dienone is 7. The van der Waals surface area contributed by atoms with E-state index in [1.807, 2.05) is 18.2 Å². The first-order valence-corrected chi connectivity index (χ1v) is 11.3. The lowest BCUT2D eigenvalue weighted by molar-refractivity contribution is -0.138. The van der Waals surface area contributed by atoms with Crippen molar-refractivity contribution in [3.63, 3.8) is 0 Å². The molecule has 34 heavy (non-hydrogen) atoms. The first-order chi connectivity index (χ1) is 16.2. The molecule has 0 saturated carbocycles. The van der Waals surface area contributed by atoms with Crippen LogP contribution in [0.1, 0.15) is 25.3 Å². The Bertz CT molecular complexity index is 1280. The third kappa shape index (κ3) is 3.18. The number of rotatable bonds is 3. The summed E-state index contributed by atoms with van der Waals surface area (Å²) in [5, 5.41) is 9.89. The molecule has 1 heterocycles. The maximum Gasteiger partial charge on any atom is 0.233 e. The molecule has 3 aliphatic carbocycles. The number of methoxy groups -OCH3 is 1. The molecule has 2 amide bonds. The molecule has 7 nitrogen and oxygen atoms in total. The number of aromatic hydroxyl groups is 1. The van der Waals surface area contributed by atoms with Crippen molar-refractivity contribution in [3.05, 3.63) is 64.3 Å². The molecule has 1 N–H and O–H groups in total. The van der Waals surface area contributed by atoms with Crippen molar-refractivity contribution in [2.45, 2.75) is 19.8 Å². The molecule has 4 atom stereocenters. The summed E-state index contributed by atoms with van der Waals surface area (Å²) in [7, 11) is 2.97. The number of fused-ring (bicyclic) bond motifs is 3. The van der Waals surface area contributed by atoms with Gasteiger partial charge in [0.15, 0.2) is 23.1 Å². The van der Waals surface area contributed by atoms with Crippen LogP contribution in [0.25, 0.3) is 6.08 Å². The summed E-state index contributed by atoms with van der Waals surface area (Å²) in [5.74, 6) is -2.18. The normalized spacial score (nSPS) is 28.6. The second kappa shape index (κ2) is 7.94. The SMILES string of the molecule is COc1cc(C=CC2C3=CCC4C(=O)N(C)C(=O)C4C3CC3=C2C(=O)C=C(C)C3=O)ccc1O. The van der Waals surface area contributed by atoms with Gasteiger partial charge in [0.05, 0.1) is 18.9 Å². The van der Waals surface area contributed by atoms with E-state index in [4.69, 9.17) is 4.74 Å². The summed E-state index contributed by atoms with van der Waals surface area (Å²) in [5.41, 5.74) is 2.94. The fourth-order valence-corrected chi connectivity index (χ4v) is 5.82. The smallest absolute Gasteiger partial charge is 0.233 e. The molecule has 0 aromatic heterocycles. The first kappa shape index (κ1) is 22.1. The highest BCUT2D eigenvalue weighted by molar-refractivity contribution is 6.23. The van der Waals surface area contributed by atoms with E-state index in [1.54, 1.807) is 19.1 Å². The molecule has 7 heteroatoms. The Morgan fingerprint density at radius 1 is 1.12 bits per heavy atom. The van der Waals surface area contributed by atoms with Gasteiger partial charge in [0.1, 0.15) is 0 Å². The van der Waals surface area contributed by atoms with Crippen LogP contribution in [0.5, 0.6) is 11.5 Å². The van der Waals surface area contributed by atoms with Crippen LogP contribution in [-0.2, 0) is 19.2 Å². The predicted octanol–water partition coefficient (Wildman–Crippen LogP) is 3.01. The number of amides is 2. The number of hydrogen-bond donors (Lipinski definition) is 1. The van der Waals surface area contributed by atoms with Crippen molar-refractivity contribution in [3.8, 4) is 11.5 Å². The van der Waals surface area contributed by atoms with E-state index in [2.05, 4.69) is 0 Å². The summed E-state index contributed by atoms with van der Waals surface area (Å²) in [6.07, 6.45) is 7.77. The van der Waals surface area contributed by atoms with Crippen LogP contribution in [0, 0.1) is 23.7 Å². The summed E-state index contributed by atoms with van der Waals surface area (Å²) >= 11 is 0. The highest BCUT2D eigenvalue weighted by atomic mass is 16.5. The maximum atomic E-state index is 13.1. The Balaban J connectivity index is 1.61. The Morgan fingerprint density at radius 2 is 1.88 bits per heavy atom. The standard InChI is InChI=1S/C27H25NO6/c1-13-10-21(30)23-16(6-4-14-5-9-20(29)22(11-14)34-3)15-7-8-17-24(27(33)28(2)26(17)32)18(15)12-19(23)25(13)31/h4-7,9-11,16-18,24,29H,8,12H2,1-3H3. The number of ether oxygens (including phenoxy) is 1. The molecule has 1 aromatic rings. The van der Waals surface area contributed by atoms with Crippen LogP contribution in [-0.4, -0.2) is 47.5 Å². The number of carbonyl (C=O) groups is 4. The average Bonchev–Trinajstić information content (AvgIpc) is 3.05. The van der Waals surface area contributed by atoms with Gasteiger partial charge in [0.25, 0.3) is 0 Å². The van der Waals surface area contributed by atoms with Crippen LogP contribution in [0.4, 0.5) is 0 Å². The van der Waals surface area contributed by atoms with E-state index in [-0.39, 0.29) is 41.5 Å². The van der Waals surface area contributed by atoms with Gasteiger partial charge in [-0.25, -0.2) is 0 Å². The molecule has 1 saturated heterocycles. The molecule has 1 fully saturated rings. The van der Waals surface area contributed by atoms with Gasteiger partial charge in [-0.1, -0.05) is 29.9 Å². The highest BCUT2D eigenvalue weighted by Gasteiger charge is 2.54. The summed E-state index contributed by atoms with van der Waals surface area (Å²) < 4.78 is 5.19. The second-order valence-electron chi connectivity index (χ2n) is 9.30. The summed E-state index contributed by atoms with van der Waals surface area (Å²) in [6, 6.07) is 4.93. The number of phenols is 1. The zero-order chi connectivity index (χ0) is 24.3. The van der Waals surface area contributed by atoms with Gasteiger partial charge >= 0.3 is 0 Å². The van der Waals surface area contributed by atoms with Crippen molar-refractivity contribution in [2.24, 2.45) is 23.7 Å². The van der Waals surface area contributed by atoms with Crippen molar-refractivity contribution < 1.29 is 29.0 Å². The zero-order valence-corrected chi connectivity index (χ0v) is 19.2. The summed E-state index contributed by atoms with van der Waals surface area (Å²) in [6.45, 7) is 1.63. The Labute approximate surface area is 197 Å². The number of likely N-dealkylation sites (tertiary alicyclic amines) is 1. The fourth-order valence-electron chi connectivity index (χ4n) is 5.82. The van der Waals surface area contributed by atoms with Gasteiger partial charge in [-0.15, -0.1) is 0 Å². The minimum atomic E-state index is -0.523. The molecule has 0 radical (unpaired) electrons. The van der Waals surface area contributed by atoms with E-state index in [0.29, 0.717) is 28.9 Å². The first-order valence-electron chi connectivity index (χ1n) is 11.3. The van der Waals surface area contributed by atoms with Gasteiger partial charge in [-0.3, -0.25) is 24.1 Å². The van der Waals surface area contributed by atoms with E-state index in [1.165, 1.54) is 31.2 Å². The van der Waals surface area contributed by atoms with Crippen LogP contribution in [0.2, 0.25) is 0 Å². The van der Waals surface area contributed by atoms with E-state index >= 15 is 0 Å². The van der Waals surface area contributed by atoms with Crippen molar-refractivity contribution >= 4 is 29.5 Å². The molecule has 4 aliphatic rings. The lowest BCUT2D eigenvalue weighted by Gasteiger charge is -2.41. The minimum Gasteiger partial charge on any atom is -0.504 e. The van der Waals surface area contributed by atoms with Gasteiger partial charge in [-0.2, -0.15) is 0 Å². The third-order valence-electron chi connectivity index (χ3n) is 7.52. The molecular weight excluding hydrogens is 434 g/mol. The highest BCUT2D eigenvalue weighted by Crippen LogP contribution is 2.52. The molecule has 5 rings (SSSR count). The van der Waals surface area contributed by atoms with E-state index in [9.17, 15) is 24.3 Å². The molecule has 1 aromatic carbocycles. The molecular formula is C27H25NO6. The predicted molar refractivity (Wildman–Crippen MR) is 124 cm³/mol. The van der Waals surface area contributed by atoms with Crippen molar-refractivity contribution in [1.82, 2.24) is 4.90 Å². The van der Waals surface area contributed by atoms with Crippen molar-refractivity contribution in [2.75, 3.05) is 14.2 Å². The second-order valence-corrected chi connectivity index (χ2v) is 9.30. The monoisotopic (exact) mass is 459 g/mol. The number of Topliss-reactive ketones (excluding diaryl/α,β-unsaturated/α-hetero) is 1. The lowest BCUT2D eigenvalue weighted by atomic mass is 9.60. The minimum absolute atomic E-state index is 0.0191. The zero-order valence-electron chi connectivity index (χ0n) is 19.2. The maximum absolute atomic E-state index is 13.1. The molecule has 1 aliphatic heterocycles. The van der Waals surface area contributed by atoms with Crippen LogP contribution < -0.4 is 4.74 Å². The summed E-state index contributed by atoms with van der Waals surface area (Å²) in [4.78, 5) is 53.0. The van der Waals surface area contributed by atoms with Crippen molar-refractivity contribution in [1.29, 1.82) is 0 Å². The van der Waals surface area contributed by atoms with Crippen LogP contribution in [0.15, 0.2) is 58.7 Å². The number of hydrogen-bond acceptors (Lipinski definition) is 6. The van der Waals surface area contributed by atoms with Gasteiger partial charge < -0.3 is 9.84 Å². The van der Waals surface area contributed by atoms with Gasteiger partial charge in [-0.05, 0) is 49.5 Å². The van der Waals surface area contributed by atoms with E-state index < -0.39 is 17.8 Å². The number of carbonyl (C=O) groups excluding carboxylic acids is 4. The average molecular weight is 459 g/mol. The number of nitrogens with zero attached hydrogens (tertiary/aromatic N) is 1. The number of ketones is 2. The topological polar surface area (TPSA) is 101 Å². The largest absolute Gasteiger partial charge is 0.504 e. The fraction of sp³-hybridized carbons (Fsp3) is 0.333. The third-order valence-corrected chi connectivity index (χ3v) is 7.52. The molecule has 4 unspecified atom stereocenters. The number of benzene rings is 1. The quantitative estimate of drug-likeness (QED) is 0.424. The number of phenolic OH excluding ortho intramolecular Hbond substituents is 1. The molecule has 0 spiro atoms. The van der Waals surface area contributed by atoms with E-state index in [0.717, 1.165) is 11.1 Å². The van der Waals surface area contributed by atoms with Gasteiger partial charge in [0.2, 0.25) is 11.8 Å².